The fourth-order valence-electron chi connectivity index (χ4n) is 3.21. The highest BCUT2D eigenvalue weighted by Gasteiger charge is 2.51. The van der Waals surface area contributed by atoms with Crippen LogP contribution in [0.1, 0.15) is 25.7 Å². The highest BCUT2D eigenvalue weighted by Crippen LogP contribution is 2.37. The molecule has 4 nitrogen and oxygen atoms in total. The van der Waals surface area contributed by atoms with Crippen molar-refractivity contribution in [3.63, 3.8) is 0 Å². The van der Waals surface area contributed by atoms with E-state index in [9.17, 15) is 9.90 Å². The Bertz CT molecular complexity index is 303. The molecule has 2 heterocycles. The van der Waals surface area contributed by atoms with Crippen molar-refractivity contribution in [1.82, 2.24) is 10.2 Å². The van der Waals surface area contributed by atoms with Gasteiger partial charge in [-0.1, -0.05) is 0 Å². The molecule has 0 radical (unpaired) electrons. The van der Waals surface area contributed by atoms with E-state index < -0.39 is 11.5 Å². The van der Waals surface area contributed by atoms with Gasteiger partial charge < -0.3 is 15.3 Å². The predicted molar refractivity (Wildman–Crippen MR) is 60.3 cm³/mol. The molecule has 0 spiro atoms. The number of aliphatic carboxylic acids is 1. The van der Waals surface area contributed by atoms with E-state index >= 15 is 0 Å². The van der Waals surface area contributed by atoms with Crippen molar-refractivity contribution >= 4 is 5.97 Å². The van der Waals surface area contributed by atoms with E-state index in [1.807, 2.05) is 0 Å². The van der Waals surface area contributed by atoms with E-state index in [1.54, 1.807) is 0 Å². The zero-order valence-electron chi connectivity index (χ0n) is 9.61. The number of piperidine rings is 1. The van der Waals surface area contributed by atoms with Crippen LogP contribution in [0.2, 0.25) is 0 Å². The van der Waals surface area contributed by atoms with Gasteiger partial charge in [-0.25, -0.2) is 0 Å². The molecule has 3 atom stereocenters. The van der Waals surface area contributed by atoms with Gasteiger partial charge in [0.25, 0.3) is 0 Å². The average molecular weight is 224 g/mol. The van der Waals surface area contributed by atoms with Gasteiger partial charge in [-0.05, 0) is 44.7 Å². The van der Waals surface area contributed by atoms with E-state index in [-0.39, 0.29) is 0 Å². The summed E-state index contributed by atoms with van der Waals surface area (Å²) in [5.74, 6) is 0.438. The lowest BCUT2D eigenvalue weighted by atomic mass is 9.78. The Hall–Kier alpha value is -0.610. The average Bonchev–Trinajstić information content (AvgIpc) is 3.01. The predicted octanol–water partition coefficient (Wildman–Crippen LogP) is 0.535. The van der Waals surface area contributed by atoms with Gasteiger partial charge in [-0.2, -0.15) is 0 Å². The second kappa shape index (κ2) is 3.70. The third kappa shape index (κ3) is 1.64. The number of carboxylic acids is 1. The summed E-state index contributed by atoms with van der Waals surface area (Å²) in [7, 11) is 0. The summed E-state index contributed by atoms with van der Waals surface area (Å²) in [6.07, 6.45) is 4.38. The maximum Gasteiger partial charge on any atom is 0.324 e. The van der Waals surface area contributed by atoms with Crippen LogP contribution in [0, 0.1) is 11.8 Å². The molecule has 0 aromatic rings. The molecule has 3 rings (SSSR count). The van der Waals surface area contributed by atoms with E-state index in [1.165, 1.54) is 12.8 Å². The number of hydrogen-bond donors (Lipinski definition) is 2. The SMILES string of the molecule is O=C(O)C1(NCC2CC2)CCN2CCC1C2. The summed E-state index contributed by atoms with van der Waals surface area (Å²) in [4.78, 5) is 14.0. The number of carbonyl (C=O) groups is 1. The minimum Gasteiger partial charge on any atom is -0.480 e. The molecule has 3 aliphatic rings. The minimum atomic E-state index is -0.625. The molecule has 2 N–H and O–H groups in total. The highest BCUT2D eigenvalue weighted by molar-refractivity contribution is 5.79. The van der Waals surface area contributed by atoms with Crippen LogP contribution in [0.15, 0.2) is 0 Å². The molecular weight excluding hydrogens is 204 g/mol. The maximum atomic E-state index is 11.6. The molecule has 2 bridgehead atoms. The number of rotatable bonds is 4. The Kier molecular flexibility index (Phi) is 2.44. The second-order valence-corrected chi connectivity index (χ2v) is 5.64. The van der Waals surface area contributed by atoms with E-state index in [2.05, 4.69) is 10.2 Å². The summed E-state index contributed by atoms with van der Waals surface area (Å²) in [6.45, 7) is 3.91. The van der Waals surface area contributed by atoms with Gasteiger partial charge in [0.05, 0.1) is 0 Å². The first-order chi connectivity index (χ1) is 7.71. The summed E-state index contributed by atoms with van der Waals surface area (Å²) in [6, 6.07) is 0. The van der Waals surface area contributed by atoms with Gasteiger partial charge >= 0.3 is 5.97 Å². The van der Waals surface area contributed by atoms with Crippen LogP contribution in [-0.4, -0.2) is 47.7 Å². The first-order valence-corrected chi connectivity index (χ1v) is 6.41. The molecule has 90 valence electrons. The molecule has 2 saturated heterocycles. The Morgan fingerprint density at radius 2 is 2.19 bits per heavy atom. The van der Waals surface area contributed by atoms with E-state index in [0.717, 1.165) is 44.9 Å². The summed E-state index contributed by atoms with van der Waals surface area (Å²) in [5.41, 5.74) is -0.615. The van der Waals surface area contributed by atoms with Crippen molar-refractivity contribution in [3.8, 4) is 0 Å². The van der Waals surface area contributed by atoms with Crippen molar-refractivity contribution in [2.75, 3.05) is 26.2 Å². The van der Waals surface area contributed by atoms with Gasteiger partial charge in [0.1, 0.15) is 5.54 Å². The van der Waals surface area contributed by atoms with Crippen molar-refractivity contribution in [2.45, 2.75) is 31.2 Å². The maximum absolute atomic E-state index is 11.6. The van der Waals surface area contributed by atoms with Crippen molar-refractivity contribution < 1.29 is 9.90 Å². The quantitative estimate of drug-likeness (QED) is 0.731. The zero-order chi connectivity index (χ0) is 11.2. The van der Waals surface area contributed by atoms with E-state index in [4.69, 9.17) is 0 Å². The normalized spacial score (nSPS) is 42.2. The van der Waals surface area contributed by atoms with Gasteiger partial charge in [0.2, 0.25) is 0 Å². The minimum absolute atomic E-state index is 0.317. The Balaban J connectivity index is 1.74. The third-order valence-electron chi connectivity index (χ3n) is 4.58. The lowest BCUT2D eigenvalue weighted by molar-refractivity contribution is -0.149. The summed E-state index contributed by atoms with van der Waals surface area (Å²) in [5, 5.41) is 13.0. The first kappa shape index (κ1) is 10.5. The highest BCUT2D eigenvalue weighted by atomic mass is 16.4. The van der Waals surface area contributed by atoms with Gasteiger partial charge in [-0.15, -0.1) is 0 Å². The second-order valence-electron chi connectivity index (χ2n) is 5.64. The van der Waals surface area contributed by atoms with Crippen LogP contribution in [0.5, 0.6) is 0 Å². The molecule has 0 aromatic heterocycles. The monoisotopic (exact) mass is 224 g/mol. The summed E-state index contributed by atoms with van der Waals surface area (Å²) >= 11 is 0. The molecule has 3 unspecified atom stereocenters. The van der Waals surface area contributed by atoms with Gasteiger partial charge in [0.15, 0.2) is 0 Å². The van der Waals surface area contributed by atoms with Crippen molar-refractivity contribution in [1.29, 1.82) is 0 Å². The molecule has 3 fully saturated rings. The molecule has 1 aliphatic carbocycles. The molecule has 2 aliphatic heterocycles. The molecule has 1 saturated carbocycles. The molecular formula is C12H20N2O2. The molecule has 0 amide bonds. The Morgan fingerprint density at radius 3 is 2.88 bits per heavy atom. The smallest absolute Gasteiger partial charge is 0.324 e. The van der Waals surface area contributed by atoms with E-state index in [0.29, 0.717) is 5.92 Å². The van der Waals surface area contributed by atoms with Crippen LogP contribution in [0.3, 0.4) is 0 Å². The lowest BCUT2D eigenvalue weighted by Gasteiger charge is -2.40. The number of nitrogens with one attached hydrogen (secondary N) is 1. The van der Waals surface area contributed by atoms with Crippen molar-refractivity contribution in [2.24, 2.45) is 11.8 Å². The zero-order valence-corrected chi connectivity index (χ0v) is 9.61. The molecule has 0 aromatic carbocycles. The van der Waals surface area contributed by atoms with Crippen LogP contribution >= 0.6 is 0 Å². The molecule has 4 heteroatoms. The Morgan fingerprint density at radius 1 is 1.38 bits per heavy atom. The topological polar surface area (TPSA) is 52.6 Å². The van der Waals surface area contributed by atoms with Crippen LogP contribution < -0.4 is 5.32 Å². The van der Waals surface area contributed by atoms with Crippen LogP contribution in [-0.2, 0) is 4.79 Å². The largest absolute Gasteiger partial charge is 0.480 e. The first-order valence-electron chi connectivity index (χ1n) is 6.41. The number of fused-ring (bicyclic) bond motifs is 2. The third-order valence-corrected chi connectivity index (χ3v) is 4.58. The van der Waals surface area contributed by atoms with Crippen LogP contribution in [0.25, 0.3) is 0 Å². The molecule has 16 heavy (non-hydrogen) atoms. The number of hydrogen-bond acceptors (Lipinski definition) is 3. The number of carboxylic acid groups (broad SMARTS) is 1. The van der Waals surface area contributed by atoms with Gasteiger partial charge in [-0.3, -0.25) is 4.79 Å². The van der Waals surface area contributed by atoms with Gasteiger partial charge in [0, 0.05) is 19.0 Å². The fraction of sp³-hybridized carbons (Fsp3) is 0.917. The van der Waals surface area contributed by atoms with Crippen molar-refractivity contribution in [3.05, 3.63) is 0 Å². The fourth-order valence-corrected chi connectivity index (χ4v) is 3.21. The summed E-state index contributed by atoms with van der Waals surface area (Å²) < 4.78 is 0. The Labute approximate surface area is 96.0 Å². The van der Waals surface area contributed by atoms with Crippen LogP contribution in [0.4, 0.5) is 0 Å². The number of nitrogens with zero attached hydrogens (tertiary/aromatic N) is 1. The lowest BCUT2D eigenvalue weighted by Crippen LogP contribution is -2.61. The standard InChI is InChI=1S/C12H20N2O2/c15-11(16)12(13-7-9-1-2-9)4-6-14-5-3-10(12)8-14/h9-10,13H,1-8H2,(H,15,16).